The molecule has 0 aromatic carbocycles. The summed E-state index contributed by atoms with van der Waals surface area (Å²) in [5.74, 6) is 0.916. The highest BCUT2D eigenvalue weighted by Gasteiger charge is 2.19. The van der Waals surface area contributed by atoms with Gasteiger partial charge in [-0.25, -0.2) is 0 Å². The van der Waals surface area contributed by atoms with Crippen LogP contribution in [0.5, 0.6) is 0 Å². The summed E-state index contributed by atoms with van der Waals surface area (Å²) in [4.78, 5) is 2.26. The molecule has 12 heavy (non-hydrogen) atoms. The van der Waals surface area contributed by atoms with Crippen LogP contribution >= 0.6 is 0 Å². The molecule has 2 heteroatoms. The Hall–Kier alpha value is -0.0800. The summed E-state index contributed by atoms with van der Waals surface area (Å²) in [6.45, 7) is 4.05. The summed E-state index contributed by atoms with van der Waals surface area (Å²) < 4.78 is 0. The van der Waals surface area contributed by atoms with E-state index in [1.807, 2.05) is 6.92 Å². The molecular formula is C10H21NO. The summed E-state index contributed by atoms with van der Waals surface area (Å²) in [7, 11) is 2.11. The van der Waals surface area contributed by atoms with Gasteiger partial charge in [0.2, 0.25) is 0 Å². The van der Waals surface area contributed by atoms with Crippen molar-refractivity contribution in [1.29, 1.82) is 0 Å². The summed E-state index contributed by atoms with van der Waals surface area (Å²) >= 11 is 0. The topological polar surface area (TPSA) is 23.5 Å². The molecule has 0 aromatic heterocycles. The highest BCUT2D eigenvalue weighted by molar-refractivity contribution is 4.73. The van der Waals surface area contributed by atoms with Crippen LogP contribution in [0.1, 0.15) is 32.6 Å². The Balaban J connectivity index is 2.05. The third-order valence-electron chi connectivity index (χ3n) is 2.79. The minimum Gasteiger partial charge on any atom is -0.392 e. The van der Waals surface area contributed by atoms with E-state index in [1.165, 1.54) is 25.8 Å². The molecule has 1 aliphatic carbocycles. The minimum atomic E-state index is -0.130. The Bertz CT molecular complexity index is 116. The van der Waals surface area contributed by atoms with Gasteiger partial charge in [-0.1, -0.05) is 13.3 Å². The fourth-order valence-electron chi connectivity index (χ4n) is 1.68. The standard InChI is InChI=1S/C10H21NO/c1-3-10(12)8-11(2)7-9-5-4-6-9/h9-10,12H,3-8H2,1-2H3. The fraction of sp³-hybridized carbons (Fsp3) is 1.00. The van der Waals surface area contributed by atoms with Crippen LogP contribution in [0.2, 0.25) is 0 Å². The van der Waals surface area contributed by atoms with Gasteiger partial charge in [0.25, 0.3) is 0 Å². The third kappa shape index (κ3) is 3.11. The second-order valence-corrected chi connectivity index (χ2v) is 4.08. The molecule has 1 atom stereocenters. The molecule has 1 fully saturated rings. The molecule has 1 saturated carbocycles. The Morgan fingerprint density at radius 3 is 2.58 bits per heavy atom. The maximum atomic E-state index is 9.39. The van der Waals surface area contributed by atoms with Crippen molar-refractivity contribution >= 4 is 0 Å². The lowest BCUT2D eigenvalue weighted by Gasteiger charge is -2.30. The van der Waals surface area contributed by atoms with Gasteiger partial charge in [0.05, 0.1) is 6.10 Å². The molecule has 1 aliphatic rings. The van der Waals surface area contributed by atoms with Gasteiger partial charge in [-0.2, -0.15) is 0 Å². The van der Waals surface area contributed by atoms with Crippen molar-refractivity contribution in [2.45, 2.75) is 38.7 Å². The van der Waals surface area contributed by atoms with E-state index in [0.717, 1.165) is 18.9 Å². The highest BCUT2D eigenvalue weighted by atomic mass is 16.3. The van der Waals surface area contributed by atoms with E-state index in [2.05, 4.69) is 11.9 Å². The molecule has 1 N–H and O–H groups in total. The molecule has 0 amide bonds. The lowest BCUT2D eigenvalue weighted by Crippen LogP contribution is -2.34. The van der Waals surface area contributed by atoms with Crippen molar-refractivity contribution in [3.63, 3.8) is 0 Å². The maximum Gasteiger partial charge on any atom is 0.0664 e. The smallest absolute Gasteiger partial charge is 0.0664 e. The lowest BCUT2D eigenvalue weighted by atomic mass is 9.85. The highest BCUT2D eigenvalue weighted by Crippen LogP contribution is 2.26. The van der Waals surface area contributed by atoms with Crippen molar-refractivity contribution < 1.29 is 5.11 Å². The Kier molecular flexibility index (Phi) is 4.02. The number of aliphatic hydroxyl groups excluding tert-OH is 1. The number of nitrogens with zero attached hydrogens (tertiary/aromatic N) is 1. The molecule has 0 aliphatic heterocycles. The number of rotatable bonds is 5. The molecule has 72 valence electrons. The van der Waals surface area contributed by atoms with Gasteiger partial charge in [-0.3, -0.25) is 0 Å². The first-order valence-corrected chi connectivity index (χ1v) is 5.09. The van der Waals surface area contributed by atoms with Crippen molar-refractivity contribution in [1.82, 2.24) is 4.90 Å². The molecule has 0 radical (unpaired) electrons. The van der Waals surface area contributed by atoms with Crippen molar-refractivity contribution in [2.24, 2.45) is 5.92 Å². The Morgan fingerprint density at radius 1 is 1.50 bits per heavy atom. The van der Waals surface area contributed by atoms with Crippen LogP contribution in [-0.2, 0) is 0 Å². The second-order valence-electron chi connectivity index (χ2n) is 4.08. The average molecular weight is 171 g/mol. The Labute approximate surface area is 75.6 Å². The zero-order chi connectivity index (χ0) is 8.97. The Morgan fingerprint density at radius 2 is 2.17 bits per heavy atom. The number of hydrogen-bond acceptors (Lipinski definition) is 2. The van der Waals surface area contributed by atoms with Crippen LogP contribution < -0.4 is 0 Å². The quantitative estimate of drug-likeness (QED) is 0.677. The van der Waals surface area contributed by atoms with Gasteiger partial charge in [0, 0.05) is 13.1 Å². The van der Waals surface area contributed by atoms with Crippen LogP contribution in [0.15, 0.2) is 0 Å². The summed E-state index contributed by atoms with van der Waals surface area (Å²) in [6, 6.07) is 0. The molecule has 1 unspecified atom stereocenters. The number of hydrogen-bond donors (Lipinski definition) is 1. The fourth-order valence-corrected chi connectivity index (χ4v) is 1.68. The van der Waals surface area contributed by atoms with E-state index >= 15 is 0 Å². The summed E-state index contributed by atoms with van der Waals surface area (Å²) in [5, 5.41) is 9.39. The van der Waals surface area contributed by atoms with Gasteiger partial charge < -0.3 is 10.0 Å². The number of likely N-dealkylation sites (N-methyl/N-ethyl adjacent to an activating group) is 1. The number of aliphatic hydroxyl groups is 1. The van der Waals surface area contributed by atoms with Crippen LogP contribution in [0, 0.1) is 5.92 Å². The van der Waals surface area contributed by atoms with E-state index in [1.54, 1.807) is 0 Å². The predicted octanol–water partition coefficient (Wildman–Crippen LogP) is 1.49. The molecule has 0 heterocycles. The minimum absolute atomic E-state index is 0.130. The molecule has 0 aromatic rings. The predicted molar refractivity (Wildman–Crippen MR) is 51.1 cm³/mol. The van der Waals surface area contributed by atoms with E-state index < -0.39 is 0 Å². The van der Waals surface area contributed by atoms with Gasteiger partial charge in [-0.05, 0) is 32.2 Å². The van der Waals surface area contributed by atoms with Crippen LogP contribution in [0.3, 0.4) is 0 Å². The molecule has 1 rings (SSSR count). The van der Waals surface area contributed by atoms with E-state index in [-0.39, 0.29) is 6.10 Å². The first-order chi connectivity index (χ1) is 5.72. The van der Waals surface area contributed by atoms with Gasteiger partial charge in [0.15, 0.2) is 0 Å². The largest absolute Gasteiger partial charge is 0.392 e. The normalized spacial score (nSPS) is 21.0. The molecule has 2 nitrogen and oxygen atoms in total. The van der Waals surface area contributed by atoms with E-state index in [4.69, 9.17) is 0 Å². The summed E-state index contributed by atoms with van der Waals surface area (Å²) in [5.41, 5.74) is 0. The van der Waals surface area contributed by atoms with Crippen molar-refractivity contribution in [3.05, 3.63) is 0 Å². The van der Waals surface area contributed by atoms with Crippen LogP contribution in [0.4, 0.5) is 0 Å². The van der Waals surface area contributed by atoms with Gasteiger partial charge in [-0.15, -0.1) is 0 Å². The summed E-state index contributed by atoms with van der Waals surface area (Å²) in [6.07, 6.45) is 4.94. The first kappa shape index (κ1) is 10.0. The average Bonchev–Trinajstić information content (AvgIpc) is 1.97. The van der Waals surface area contributed by atoms with Crippen molar-refractivity contribution in [3.8, 4) is 0 Å². The van der Waals surface area contributed by atoms with Gasteiger partial charge >= 0.3 is 0 Å². The zero-order valence-corrected chi connectivity index (χ0v) is 8.29. The van der Waals surface area contributed by atoms with Crippen LogP contribution in [0.25, 0.3) is 0 Å². The first-order valence-electron chi connectivity index (χ1n) is 5.09. The van der Waals surface area contributed by atoms with Gasteiger partial charge in [0.1, 0.15) is 0 Å². The second kappa shape index (κ2) is 4.83. The monoisotopic (exact) mass is 171 g/mol. The van der Waals surface area contributed by atoms with E-state index in [9.17, 15) is 5.11 Å². The molecule has 0 spiro atoms. The lowest BCUT2D eigenvalue weighted by molar-refractivity contribution is 0.104. The molecular weight excluding hydrogens is 150 g/mol. The van der Waals surface area contributed by atoms with Crippen LogP contribution in [-0.4, -0.2) is 36.2 Å². The maximum absolute atomic E-state index is 9.39. The van der Waals surface area contributed by atoms with Crippen molar-refractivity contribution in [2.75, 3.05) is 20.1 Å². The third-order valence-corrected chi connectivity index (χ3v) is 2.79. The molecule has 0 saturated heterocycles. The molecule has 0 bridgehead atoms. The SMILES string of the molecule is CCC(O)CN(C)CC1CCC1. The zero-order valence-electron chi connectivity index (χ0n) is 8.29. The van der Waals surface area contributed by atoms with E-state index in [0.29, 0.717) is 0 Å².